The number of carbonyl (C=O) groups excluding carboxylic acids is 4. The lowest BCUT2D eigenvalue weighted by molar-refractivity contribution is -0.127. The van der Waals surface area contributed by atoms with Crippen molar-refractivity contribution in [2.75, 3.05) is 12.0 Å². The smallest absolute Gasteiger partial charge is 0.241 e. The molecule has 8 heteroatoms. The molecule has 0 saturated carbocycles. The second-order valence-electron chi connectivity index (χ2n) is 8.72. The molecule has 174 valence electrons. The highest BCUT2D eigenvalue weighted by molar-refractivity contribution is 6.37. The monoisotopic (exact) mass is 471 g/mol. The van der Waals surface area contributed by atoms with E-state index in [-0.39, 0.29) is 16.8 Å². The Balaban J connectivity index is 1.54. The number of carbonyl (C=O) groups is 4. The summed E-state index contributed by atoms with van der Waals surface area (Å²) in [4.78, 5) is 55.6. The van der Waals surface area contributed by atoms with E-state index in [0.717, 1.165) is 11.0 Å². The zero-order valence-corrected chi connectivity index (χ0v) is 18.4. The van der Waals surface area contributed by atoms with E-state index >= 15 is 0 Å². The number of ketones is 2. The van der Waals surface area contributed by atoms with E-state index in [4.69, 9.17) is 9.47 Å². The molecule has 0 bridgehead atoms. The number of benzene rings is 3. The molecular formula is C27H18FNO6. The molecule has 3 aliphatic rings. The van der Waals surface area contributed by atoms with Gasteiger partial charge in [-0.25, -0.2) is 9.29 Å². The van der Waals surface area contributed by atoms with Gasteiger partial charge >= 0.3 is 0 Å². The van der Waals surface area contributed by atoms with Crippen LogP contribution in [-0.4, -0.2) is 36.1 Å². The average molecular weight is 471 g/mol. The molecule has 0 N–H and O–H groups in total. The Hall–Kier alpha value is -4.17. The van der Waals surface area contributed by atoms with Gasteiger partial charge in [-0.05, 0) is 29.8 Å². The first-order valence-electron chi connectivity index (χ1n) is 11.0. The predicted octanol–water partition coefficient (Wildman–Crippen LogP) is 3.53. The molecule has 2 heterocycles. The van der Waals surface area contributed by atoms with Crippen molar-refractivity contribution in [3.63, 3.8) is 0 Å². The van der Waals surface area contributed by atoms with Gasteiger partial charge in [-0.1, -0.05) is 48.5 Å². The lowest BCUT2D eigenvalue weighted by Gasteiger charge is -2.27. The third-order valence-electron chi connectivity index (χ3n) is 7.06. The summed E-state index contributed by atoms with van der Waals surface area (Å²) in [5, 5.41) is 0. The van der Waals surface area contributed by atoms with Crippen molar-refractivity contribution in [1.82, 2.24) is 0 Å². The number of imide groups is 1. The van der Waals surface area contributed by atoms with E-state index in [1.807, 2.05) is 0 Å². The maximum absolute atomic E-state index is 14.7. The first-order valence-corrected chi connectivity index (χ1v) is 11.0. The average Bonchev–Trinajstić information content (AvgIpc) is 3.45. The Morgan fingerprint density at radius 2 is 1.43 bits per heavy atom. The van der Waals surface area contributed by atoms with Crippen LogP contribution in [0.5, 0.6) is 5.75 Å². The molecular weight excluding hydrogens is 453 g/mol. The van der Waals surface area contributed by atoms with E-state index in [1.165, 1.54) is 37.4 Å². The molecule has 3 atom stereocenters. The molecule has 2 saturated heterocycles. The highest BCUT2D eigenvalue weighted by atomic mass is 19.1. The first-order chi connectivity index (χ1) is 16.9. The third kappa shape index (κ3) is 2.68. The topological polar surface area (TPSA) is 90.0 Å². The standard InChI is InChI=1S/C27H18FNO6/c1-34-15-12-10-14(11-13-15)22-20-21(26(33)29(25(20)32)19-9-5-4-8-18(19)28)27(35-22)23(30)16-6-2-3-7-17(16)24(27)31/h2-13,20-22H,1H3/t20-,21-,22+/m0/s1. The molecule has 2 amide bonds. The lowest BCUT2D eigenvalue weighted by atomic mass is 9.77. The maximum Gasteiger partial charge on any atom is 0.241 e. The summed E-state index contributed by atoms with van der Waals surface area (Å²) in [6.45, 7) is 0. The Kier molecular flexibility index (Phi) is 4.53. The van der Waals surface area contributed by atoms with Gasteiger partial charge in [0.05, 0.1) is 30.7 Å². The molecule has 3 aromatic carbocycles. The second kappa shape index (κ2) is 7.41. The summed E-state index contributed by atoms with van der Waals surface area (Å²) < 4.78 is 26.1. The molecule has 35 heavy (non-hydrogen) atoms. The largest absolute Gasteiger partial charge is 0.497 e. The van der Waals surface area contributed by atoms with Crippen LogP contribution in [0.2, 0.25) is 0 Å². The van der Waals surface area contributed by atoms with Crippen molar-refractivity contribution in [3.05, 3.63) is 95.3 Å². The molecule has 0 aromatic heterocycles. The minimum absolute atomic E-state index is 0.135. The van der Waals surface area contributed by atoms with E-state index in [1.54, 1.807) is 36.4 Å². The van der Waals surface area contributed by atoms with E-state index < -0.39 is 52.7 Å². The van der Waals surface area contributed by atoms with Crippen molar-refractivity contribution in [3.8, 4) is 5.75 Å². The molecule has 1 aliphatic carbocycles. The van der Waals surface area contributed by atoms with Gasteiger partial charge < -0.3 is 9.47 Å². The van der Waals surface area contributed by atoms with Crippen LogP contribution in [0.1, 0.15) is 32.4 Å². The van der Waals surface area contributed by atoms with E-state index in [0.29, 0.717) is 11.3 Å². The van der Waals surface area contributed by atoms with Crippen LogP contribution < -0.4 is 9.64 Å². The Morgan fingerprint density at radius 1 is 0.829 bits per heavy atom. The van der Waals surface area contributed by atoms with Crippen LogP contribution in [0.25, 0.3) is 0 Å². The quantitative estimate of drug-likeness (QED) is 0.429. The highest BCUT2D eigenvalue weighted by Gasteiger charge is 2.74. The molecule has 6 rings (SSSR count). The van der Waals surface area contributed by atoms with Gasteiger partial charge in [0.25, 0.3) is 0 Å². The zero-order valence-electron chi connectivity index (χ0n) is 18.4. The SMILES string of the molecule is COc1ccc([C@H]2OC3(C(=O)c4ccccc4C3=O)[C@@H]3C(=O)N(c4ccccc4F)C(=O)[C@H]23)cc1. The number of hydrogen-bond acceptors (Lipinski definition) is 6. The molecule has 7 nitrogen and oxygen atoms in total. The second-order valence-corrected chi connectivity index (χ2v) is 8.72. The number of fused-ring (bicyclic) bond motifs is 3. The number of amides is 2. The highest BCUT2D eigenvalue weighted by Crippen LogP contribution is 2.57. The Labute approximate surface area is 199 Å². The van der Waals surface area contributed by atoms with Crippen LogP contribution in [0.3, 0.4) is 0 Å². The Bertz CT molecular complexity index is 1400. The lowest BCUT2D eigenvalue weighted by Crippen LogP contribution is -2.51. The van der Waals surface area contributed by atoms with Crippen LogP contribution in [-0.2, 0) is 14.3 Å². The number of rotatable bonds is 3. The van der Waals surface area contributed by atoms with Gasteiger partial charge in [0.1, 0.15) is 11.6 Å². The van der Waals surface area contributed by atoms with Crippen LogP contribution >= 0.6 is 0 Å². The van der Waals surface area contributed by atoms with E-state index in [9.17, 15) is 23.6 Å². The van der Waals surface area contributed by atoms with Crippen molar-refractivity contribution in [2.45, 2.75) is 11.7 Å². The fourth-order valence-electron chi connectivity index (χ4n) is 5.48. The number of nitrogens with zero attached hydrogens (tertiary/aromatic N) is 1. The summed E-state index contributed by atoms with van der Waals surface area (Å²) in [5.74, 6) is -5.74. The van der Waals surface area contributed by atoms with Gasteiger partial charge in [0.2, 0.25) is 29.0 Å². The van der Waals surface area contributed by atoms with Crippen molar-refractivity contribution >= 4 is 29.1 Å². The number of hydrogen-bond donors (Lipinski definition) is 0. The minimum atomic E-state index is -2.20. The molecule has 0 radical (unpaired) electrons. The van der Waals surface area contributed by atoms with Gasteiger partial charge in [-0.2, -0.15) is 0 Å². The molecule has 3 aromatic rings. The molecule has 0 unspecified atom stereocenters. The fourth-order valence-corrected chi connectivity index (χ4v) is 5.48. The van der Waals surface area contributed by atoms with E-state index in [2.05, 4.69) is 0 Å². The molecule has 1 spiro atoms. The third-order valence-corrected chi connectivity index (χ3v) is 7.06. The van der Waals surface area contributed by atoms with Crippen LogP contribution in [0, 0.1) is 17.7 Å². The summed E-state index contributed by atoms with van der Waals surface area (Å²) >= 11 is 0. The van der Waals surface area contributed by atoms with Gasteiger partial charge in [-0.15, -0.1) is 0 Å². The summed E-state index contributed by atoms with van der Waals surface area (Å²) in [6.07, 6.45) is -1.08. The molecule has 2 aliphatic heterocycles. The van der Waals surface area contributed by atoms with Crippen molar-refractivity contribution in [2.24, 2.45) is 11.8 Å². The number of ether oxygens (including phenoxy) is 2. The van der Waals surface area contributed by atoms with Crippen molar-refractivity contribution in [1.29, 1.82) is 0 Å². The predicted molar refractivity (Wildman–Crippen MR) is 121 cm³/mol. The van der Waals surface area contributed by atoms with Gasteiger partial charge in [-0.3, -0.25) is 19.2 Å². The van der Waals surface area contributed by atoms with Gasteiger partial charge in [0.15, 0.2) is 0 Å². The van der Waals surface area contributed by atoms with Gasteiger partial charge in [0, 0.05) is 11.1 Å². The summed E-state index contributed by atoms with van der Waals surface area (Å²) in [6, 6.07) is 18.2. The number of para-hydroxylation sites is 1. The van der Waals surface area contributed by atoms with Crippen LogP contribution in [0.15, 0.2) is 72.8 Å². The minimum Gasteiger partial charge on any atom is -0.497 e. The normalized spacial score (nSPS) is 24.3. The van der Waals surface area contributed by atoms with Crippen molar-refractivity contribution < 1.29 is 33.0 Å². The first kappa shape index (κ1) is 21.4. The Morgan fingerprint density at radius 3 is 2.03 bits per heavy atom. The zero-order chi connectivity index (χ0) is 24.5. The fraction of sp³-hybridized carbons (Fsp3) is 0.185. The number of halogens is 1. The number of anilines is 1. The maximum atomic E-state index is 14.7. The summed E-state index contributed by atoms with van der Waals surface area (Å²) in [7, 11) is 1.50. The summed E-state index contributed by atoms with van der Waals surface area (Å²) in [5.41, 5.74) is -1.67. The number of methoxy groups -OCH3 is 1. The van der Waals surface area contributed by atoms with Crippen LogP contribution in [0.4, 0.5) is 10.1 Å². The molecule has 2 fully saturated rings. The number of Topliss-reactive ketones (excluding diaryl/α,β-unsaturated/α-hetero) is 2.